The molecule has 8 heteroatoms. The van der Waals surface area contributed by atoms with Crippen molar-refractivity contribution in [3.05, 3.63) is 23.8 Å². The number of cyclic esters (lactones) is 1. The zero-order valence-corrected chi connectivity index (χ0v) is 27.1. The molecule has 0 aromatic heterocycles. The van der Waals surface area contributed by atoms with Crippen molar-refractivity contribution in [1.29, 1.82) is 0 Å². The maximum Gasteiger partial charge on any atom is 0.411 e. The van der Waals surface area contributed by atoms with Crippen LogP contribution in [0.4, 0.5) is 4.79 Å². The van der Waals surface area contributed by atoms with Crippen molar-refractivity contribution in [2.24, 2.45) is 29.1 Å². The Hall–Kier alpha value is -2.48. The summed E-state index contributed by atoms with van der Waals surface area (Å²) in [6.45, 7) is 19.7. The Balaban J connectivity index is 2.18. The van der Waals surface area contributed by atoms with Gasteiger partial charge >= 0.3 is 12.1 Å². The van der Waals surface area contributed by atoms with Gasteiger partial charge < -0.3 is 23.7 Å². The van der Waals surface area contributed by atoms with Gasteiger partial charge in [-0.1, -0.05) is 47.6 Å². The number of carbonyl (C=O) groups excluding carboxylic acids is 2. The minimum atomic E-state index is -0.685. The highest BCUT2D eigenvalue weighted by atomic mass is 16.6. The summed E-state index contributed by atoms with van der Waals surface area (Å²) in [6.07, 6.45) is 1.25. The molecule has 0 saturated carbocycles. The number of benzene rings is 1. The normalized spacial score (nSPS) is 24.3. The van der Waals surface area contributed by atoms with E-state index in [1.54, 1.807) is 14.2 Å². The number of rotatable bonds is 11. The van der Waals surface area contributed by atoms with Gasteiger partial charge in [-0.15, -0.1) is 0 Å². The molecule has 2 fully saturated rings. The van der Waals surface area contributed by atoms with Gasteiger partial charge in [0.1, 0.15) is 11.7 Å². The van der Waals surface area contributed by atoms with E-state index in [4.69, 9.17) is 23.7 Å². The van der Waals surface area contributed by atoms with E-state index in [-0.39, 0.29) is 47.1 Å². The number of carbonyl (C=O) groups is 2. The standard InChI is InChI=1S/C33H53NO7/c1-20(2)24-18-27(40-30(24)35)25-19-33(21(3)4,22(5)6)29(34(25)31(36)41-32(7,8)9)23-13-14-26(38-11)28(17-23)39-16-12-15-37-10/h13-14,17,20-22,24-25,27,29H,12,15-16,18-19H2,1-11H3/t24-,25?,27-,29?/m0/s1. The highest BCUT2D eigenvalue weighted by Crippen LogP contribution is 2.60. The summed E-state index contributed by atoms with van der Waals surface area (Å²) in [7, 11) is 3.30. The highest BCUT2D eigenvalue weighted by molar-refractivity contribution is 5.76. The van der Waals surface area contributed by atoms with Gasteiger partial charge in [0.05, 0.1) is 31.7 Å². The Morgan fingerprint density at radius 2 is 1.71 bits per heavy atom. The van der Waals surface area contributed by atoms with E-state index in [1.807, 2.05) is 43.9 Å². The zero-order valence-electron chi connectivity index (χ0n) is 27.1. The van der Waals surface area contributed by atoms with Crippen LogP contribution in [0.25, 0.3) is 0 Å². The van der Waals surface area contributed by atoms with Crippen molar-refractivity contribution < 1.29 is 33.3 Å². The SMILES string of the molecule is COCCCOc1cc(C2N(C(=O)OC(C)(C)C)C([C@@H]3C[C@@H](C(C)C)C(=O)O3)CC2(C(C)C)C(C)C)ccc1OC. The second-order valence-electron chi connectivity index (χ2n) is 13.7. The van der Waals surface area contributed by atoms with E-state index < -0.39 is 17.8 Å². The Morgan fingerprint density at radius 1 is 1.05 bits per heavy atom. The number of amides is 1. The van der Waals surface area contributed by atoms with Crippen molar-refractivity contribution in [2.75, 3.05) is 27.4 Å². The molecule has 0 aliphatic carbocycles. The summed E-state index contributed by atoms with van der Waals surface area (Å²) in [5.41, 5.74) is -0.0469. The van der Waals surface area contributed by atoms with Crippen molar-refractivity contribution in [2.45, 2.75) is 105 Å². The fraction of sp³-hybridized carbons (Fsp3) is 0.758. The first-order valence-electron chi connectivity index (χ1n) is 15.2. The van der Waals surface area contributed by atoms with E-state index in [9.17, 15) is 9.59 Å². The molecule has 0 bridgehead atoms. The van der Waals surface area contributed by atoms with Crippen molar-refractivity contribution in [3.63, 3.8) is 0 Å². The van der Waals surface area contributed by atoms with Gasteiger partial charge in [-0.2, -0.15) is 0 Å². The molecule has 2 saturated heterocycles. The Kier molecular flexibility index (Phi) is 10.7. The van der Waals surface area contributed by atoms with Gasteiger partial charge in [-0.05, 0) is 69.1 Å². The minimum absolute atomic E-state index is 0.166. The average molecular weight is 576 g/mol. The number of esters is 1. The number of nitrogens with zero attached hydrogens (tertiary/aromatic N) is 1. The molecule has 1 amide bonds. The number of hydrogen-bond acceptors (Lipinski definition) is 7. The number of likely N-dealkylation sites (tertiary alicyclic amines) is 1. The molecule has 1 aromatic carbocycles. The topological polar surface area (TPSA) is 83.5 Å². The van der Waals surface area contributed by atoms with Gasteiger partial charge in [-0.25, -0.2) is 4.79 Å². The van der Waals surface area contributed by atoms with Crippen LogP contribution >= 0.6 is 0 Å². The molecule has 1 aromatic rings. The summed E-state index contributed by atoms with van der Waals surface area (Å²) in [5.74, 6) is 1.51. The fourth-order valence-electron chi connectivity index (χ4n) is 6.90. The average Bonchev–Trinajstić information content (AvgIpc) is 3.45. The summed E-state index contributed by atoms with van der Waals surface area (Å²) < 4.78 is 29.1. The molecular formula is C33H53NO7. The molecule has 0 spiro atoms. The van der Waals surface area contributed by atoms with Crippen LogP contribution in [0.15, 0.2) is 18.2 Å². The minimum Gasteiger partial charge on any atom is -0.493 e. The van der Waals surface area contributed by atoms with Gasteiger partial charge in [0.25, 0.3) is 0 Å². The van der Waals surface area contributed by atoms with Crippen molar-refractivity contribution in [1.82, 2.24) is 4.90 Å². The molecule has 3 rings (SSSR count). The lowest BCUT2D eigenvalue weighted by atomic mass is 9.62. The van der Waals surface area contributed by atoms with Crippen LogP contribution in [0, 0.1) is 29.1 Å². The third kappa shape index (κ3) is 6.95. The maximum absolute atomic E-state index is 14.2. The first-order valence-corrected chi connectivity index (χ1v) is 15.2. The molecule has 2 unspecified atom stereocenters. The van der Waals surface area contributed by atoms with Gasteiger partial charge in [0.2, 0.25) is 0 Å². The predicted octanol–water partition coefficient (Wildman–Crippen LogP) is 7.05. The molecule has 2 aliphatic rings. The second-order valence-corrected chi connectivity index (χ2v) is 13.7. The highest BCUT2D eigenvalue weighted by Gasteiger charge is 2.61. The molecule has 0 radical (unpaired) electrons. The zero-order chi connectivity index (χ0) is 30.7. The largest absolute Gasteiger partial charge is 0.493 e. The molecule has 4 atom stereocenters. The van der Waals surface area contributed by atoms with Crippen LogP contribution in [-0.2, 0) is 19.0 Å². The van der Waals surface area contributed by atoms with Crippen LogP contribution in [0.3, 0.4) is 0 Å². The molecular weight excluding hydrogens is 522 g/mol. The van der Waals surface area contributed by atoms with E-state index in [2.05, 4.69) is 41.5 Å². The molecule has 2 aliphatic heterocycles. The summed E-state index contributed by atoms with van der Waals surface area (Å²) in [5, 5.41) is 0. The smallest absolute Gasteiger partial charge is 0.411 e. The van der Waals surface area contributed by atoms with Crippen LogP contribution < -0.4 is 9.47 Å². The van der Waals surface area contributed by atoms with E-state index >= 15 is 0 Å². The lowest BCUT2D eigenvalue weighted by Gasteiger charge is -2.45. The Bertz CT molecular complexity index is 1040. The summed E-state index contributed by atoms with van der Waals surface area (Å²) >= 11 is 0. The Morgan fingerprint density at radius 3 is 2.22 bits per heavy atom. The fourth-order valence-corrected chi connectivity index (χ4v) is 6.90. The molecule has 232 valence electrons. The van der Waals surface area contributed by atoms with E-state index in [1.165, 1.54) is 0 Å². The number of hydrogen-bond donors (Lipinski definition) is 0. The number of ether oxygens (including phenoxy) is 5. The van der Waals surface area contributed by atoms with Crippen molar-refractivity contribution in [3.8, 4) is 11.5 Å². The molecule has 2 heterocycles. The monoisotopic (exact) mass is 575 g/mol. The third-order valence-electron chi connectivity index (χ3n) is 9.01. The van der Waals surface area contributed by atoms with E-state index in [0.717, 1.165) is 12.0 Å². The summed E-state index contributed by atoms with van der Waals surface area (Å²) in [6, 6.07) is 5.30. The molecule has 41 heavy (non-hydrogen) atoms. The van der Waals surface area contributed by atoms with Crippen LogP contribution in [0.5, 0.6) is 11.5 Å². The van der Waals surface area contributed by atoms with Crippen LogP contribution in [-0.4, -0.2) is 62.1 Å². The first kappa shape index (κ1) is 33.0. The first-order chi connectivity index (χ1) is 19.2. The quantitative estimate of drug-likeness (QED) is 0.207. The number of methoxy groups -OCH3 is 2. The molecule has 8 nitrogen and oxygen atoms in total. The van der Waals surface area contributed by atoms with Crippen molar-refractivity contribution >= 4 is 12.1 Å². The Labute approximate surface area is 247 Å². The van der Waals surface area contributed by atoms with Gasteiger partial charge in [-0.3, -0.25) is 9.69 Å². The predicted molar refractivity (Wildman–Crippen MR) is 159 cm³/mol. The van der Waals surface area contributed by atoms with Crippen LogP contribution in [0.2, 0.25) is 0 Å². The maximum atomic E-state index is 14.2. The molecule has 0 N–H and O–H groups in total. The van der Waals surface area contributed by atoms with E-state index in [0.29, 0.717) is 37.6 Å². The third-order valence-corrected chi connectivity index (χ3v) is 9.01. The van der Waals surface area contributed by atoms with Gasteiger partial charge in [0, 0.05) is 25.6 Å². The second kappa shape index (κ2) is 13.2. The van der Waals surface area contributed by atoms with Gasteiger partial charge in [0.15, 0.2) is 11.5 Å². The lowest BCUT2D eigenvalue weighted by Crippen LogP contribution is -2.47. The van der Waals surface area contributed by atoms with Crippen LogP contribution in [0.1, 0.15) is 93.2 Å². The lowest BCUT2D eigenvalue weighted by molar-refractivity contribution is -0.147. The summed E-state index contributed by atoms with van der Waals surface area (Å²) in [4.78, 5) is 29.0.